The Morgan fingerprint density at radius 3 is 2.69 bits per heavy atom. The van der Waals surface area contributed by atoms with Crippen LogP contribution in [0, 0.1) is 0 Å². The second-order valence-electron chi connectivity index (χ2n) is 6.04. The van der Waals surface area contributed by atoms with E-state index in [4.69, 9.17) is 4.74 Å². The maximum Gasteiger partial charge on any atom is 0.293 e. The number of rotatable bonds is 5. The van der Waals surface area contributed by atoms with Crippen LogP contribution in [0.2, 0.25) is 0 Å². The van der Waals surface area contributed by atoms with Crippen LogP contribution in [0.5, 0.6) is 5.88 Å². The van der Waals surface area contributed by atoms with Crippen molar-refractivity contribution in [3.8, 4) is 5.88 Å². The molecule has 1 N–H and O–H groups in total. The van der Waals surface area contributed by atoms with E-state index in [-0.39, 0.29) is 23.2 Å². The van der Waals surface area contributed by atoms with Crippen molar-refractivity contribution < 1.29 is 9.53 Å². The number of hydrogen-bond acceptors (Lipinski definition) is 7. The molecule has 2 aromatic rings. The molecule has 1 saturated heterocycles. The minimum Gasteiger partial charge on any atom is -0.480 e. The predicted molar refractivity (Wildman–Crippen MR) is 95.5 cm³/mol. The Balaban J connectivity index is 1.58. The molecule has 0 radical (unpaired) electrons. The number of methoxy groups -OCH3 is 1. The molecular weight excluding hydrogens is 336 g/mol. The fraction of sp³-hybridized carbons (Fsp3) is 0.471. The van der Waals surface area contributed by atoms with E-state index in [9.17, 15) is 9.59 Å². The molecule has 1 amide bonds. The van der Waals surface area contributed by atoms with Gasteiger partial charge in [-0.3, -0.25) is 9.59 Å². The minimum absolute atomic E-state index is 0.0276. The summed E-state index contributed by atoms with van der Waals surface area (Å²) in [4.78, 5) is 30.8. The summed E-state index contributed by atoms with van der Waals surface area (Å²) in [5.41, 5.74) is 0.176. The van der Waals surface area contributed by atoms with Gasteiger partial charge in [0.1, 0.15) is 0 Å². The Kier molecular flexibility index (Phi) is 5.45. The molecule has 3 heterocycles. The summed E-state index contributed by atoms with van der Waals surface area (Å²) in [7, 11) is 1.49. The number of carbonyl (C=O) groups is 1. The van der Waals surface area contributed by atoms with Crippen molar-refractivity contribution >= 4 is 11.7 Å². The lowest BCUT2D eigenvalue weighted by Gasteiger charge is -2.32. The van der Waals surface area contributed by atoms with E-state index in [1.165, 1.54) is 7.11 Å². The average Bonchev–Trinajstić information content (AvgIpc) is 2.69. The van der Waals surface area contributed by atoms with E-state index in [0.717, 1.165) is 12.8 Å². The highest BCUT2D eigenvalue weighted by Crippen LogP contribution is 2.15. The molecule has 138 valence electrons. The van der Waals surface area contributed by atoms with Gasteiger partial charge in [0.05, 0.1) is 7.11 Å². The van der Waals surface area contributed by atoms with Crippen LogP contribution < -0.4 is 20.5 Å². The number of carbonyl (C=O) groups excluding carboxylic acids is 1. The van der Waals surface area contributed by atoms with Gasteiger partial charge >= 0.3 is 0 Å². The smallest absolute Gasteiger partial charge is 0.293 e. The molecule has 0 saturated carbocycles. The lowest BCUT2D eigenvalue weighted by molar-refractivity contribution is 0.0924. The van der Waals surface area contributed by atoms with E-state index in [0.29, 0.717) is 31.3 Å². The zero-order chi connectivity index (χ0) is 18.5. The topological polar surface area (TPSA) is 102 Å². The summed E-state index contributed by atoms with van der Waals surface area (Å²) < 4.78 is 6.57. The molecule has 0 unspecified atom stereocenters. The number of ether oxygens (including phenoxy) is 1. The predicted octanol–water partition coefficient (Wildman–Crippen LogP) is 0.461. The maximum absolute atomic E-state index is 12.4. The monoisotopic (exact) mass is 358 g/mol. The molecule has 0 aromatic carbocycles. The number of aryl methyl sites for hydroxylation is 1. The second kappa shape index (κ2) is 7.94. The van der Waals surface area contributed by atoms with Gasteiger partial charge in [0.15, 0.2) is 11.5 Å². The molecule has 0 bridgehead atoms. The molecule has 1 fully saturated rings. The summed E-state index contributed by atoms with van der Waals surface area (Å²) >= 11 is 0. The summed E-state index contributed by atoms with van der Waals surface area (Å²) in [5, 5.41) is 10.6. The Morgan fingerprint density at radius 2 is 2.08 bits per heavy atom. The standard InChI is InChI=1S/C17H22N6O3/c1-3-22-11-8-18-15(17(22)25)23-9-6-12(7-10-23)19-16(24)13-4-5-14(26-2)21-20-13/h4-5,8,11-12H,3,6-7,9-10H2,1-2H3,(H,19,24). The Hall–Kier alpha value is -2.97. The molecule has 3 rings (SSSR count). The number of nitrogens with zero attached hydrogens (tertiary/aromatic N) is 5. The summed E-state index contributed by atoms with van der Waals surface area (Å²) in [6, 6.07) is 3.21. The van der Waals surface area contributed by atoms with Gasteiger partial charge in [0, 0.05) is 44.1 Å². The first-order valence-electron chi connectivity index (χ1n) is 8.61. The fourth-order valence-electron chi connectivity index (χ4n) is 2.95. The molecule has 9 nitrogen and oxygen atoms in total. The van der Waals surface area contributed by atoms with Gasteiger partial charge in [-0.2, -0.15) is 0 Å². The first kappa shape index (κ1) is 17.8. The second-order valence-corrected chi connectivity index (χ2v) is 6.04. The summed E-state index contributed by atoms with van der Waals surface area (Å²) in [6.07, 6.45) is 4.81. The van der Waals surface area contributed by atoms with Crippen LogP contribution in [0.15, 0.2) is 29.3 Å². The van der Waals surface area contributed by atoms with Crippen molar-refractivity contribution in [3.05, 3.63) is 40.6 Å². The number of piperidine rings is 1. The van der Waals surface area contributed by atoms with Gasteiger partial charge in [-0.1, -0.05) is 0 Å². The lowest BCUT2D eigenvalue weighted by Crippen LogP contribution is -2.46. The van der Waals surface area contributed by atoms with Crippen LogP contribution in [-0.2, 0) is 6.54 Å². The summed E-state index contributed by atoms with van der Waals surface area (Å²) in [6.45, 7) is 3.86. The zero-order valence-corrected chi connectivity index (χ0v) is 14.9. The van der Waals surface area contributed by atoms with Crippen molar-refractivity contribution in [2.45, 2.75) is 32.4 Å². The number of aromatic nitrogens is 4. The highest BCUT2D eigenvalue weighted by molar-refractivity contribution is 5.92. The molecule has 9 heteroatoms. The summed E-state index contributed by atoms with van der Waals surface area (Å²) in [5.74, 6) is 0.577. The number of anilines is 1. The fourth-order valence-corrected chi connectivity index (χ4v) is 2.95. The van der Waals surface area contributed by atoms with Crippen LogP contribution in [0.25, 0.3) is 0 Å². The van der Waals surface area contributed by atoms with E-state index >= 15 is 0 Å². The van der Waals surface area contributed by atoms with Gasteiger partial charge < -0.3 is 19.5 Å². The third-order valence-electron chi connectivity index (χ3n) is 4.45. The van der Waals surface area contributed by atoms with Crippen molar-refractivity contribution in [2.24, 2.45) is 0 Å². The minimum atomic E-state index is -0.259. The molecule has 1 aliphatic rings. The average molecular weight is 358 g/mol. The molecule has 26 heavy (non-hydrogen) atoms. The molecule has 1 aliphatic heterocycles. The van der Waals surface area contributed by atoms with E-state index in [2.05, 4.69) is 20.5 Å². The van der Waals surface area contributed by atoms with E-state index < -0.39 is 0 Å². The Bertz CT molecular complexity index is 812. The molecular formula is C17H22N6O3. The molecule has 0 aliphatic carbocycles. The third kappa shape index (κ3) is 3.81. The Morgan fingerprint density at radius 1 is 1.31 bits per heavy atom. The first-order valence-corrected chi connectivity index (χ1v) is 8.61. The lowest BCUT2D eigenvalue weighted by atomic mass is 10.0. The van der Waals surface area contributed by atoms with Gasteiger partial charge in [-0.25, -0.2) is 4.98 Å². The number of hydrogen-bond donors (Lipinski definition) is 1. The van der Waals surface area contributed by atoms with Gasteiger partial charge in [0.25, 0.3) is 11.5 Å². The first-order chi connectivity index (χ1) is 12.6. The van der Waals surface area contributed by atoms with Crippen LogP contribution >= 0.6 is 0 Å². The van der Waals surface area contributed by atoms with Crippen molar-refractivity contribution in [1.82, 2.24) is 25.1 Å². The van der Waals surface area contributed by atoms with E-state index in [1.54, 1.807) is 29.1 Å². The van der Waals surface area contributed by atoms with Gasteiger partial charge in [-0.05, 0) is 25.8 Å². The number of nitrogens with one attached hydrogen (secondary N) is 1. The molecule has 0 atom stereocenters. The molecule has 2 aromatic heterocycles. The molecule has 0 spiro atoms. The van der Waals surface area contributed by atoms with Crippen molar-refractivity contribution in [3.63, 3.8) is 0 Å². The van der Waals surface area contributed by atoms with Crippen molar-refractivity contribution in [1.29, 1.82) is 0 Å². The van der Waals surface area contributed by atoms with Crippen LogP contribution in [0.4, 0.5) is 5.82 Å². The van der Waals surface area contributed by atoms with Crippen LogP contribution in [0.1, 0.15) is 30.3 Å². The zero-order valence-electron chi connectivity index (χ0n) is 14.9. The maximum atomic E-state index is 12.4. The highest BCUT2D eigenvalue weighted by atomic mass is 16.5. The Labute approximate surface area is 151 Å². The third-order valence-corrected chi connectivity index (χ3v) is 4.45. The highest BCUT2D eigenvalue weighted by Gasteiger charge is 2.24. The van der Waals surface area contributed by atoms with Crippen molar-refractivity contribution in [2.75, 3.05) is 25.1 Å². The SMILES string of the molecule is CCn1ccnc(N2CCC(NC(=O)c3ccc(OC)nn3)CC2)c1=O. The quantitative estimate of drug-likeness (QED) is 0.828. The number of amides is 1. The normalized spacial score (nSPS) is 14.9. The van der Waals surface area contributed by atoms with Crippen LogP contribution in [0.3, 0.4) is 0 Å². The van der Waals surface area contributed by atoms with Gasteiger partial charge in [0.2, 0.25) is 5.88 Å². The van der Waals surface area contributed by atoms with Crippen LogP contribution in [-0.4, -0.2) is 51.9 Å². The van der Waals surface area contributed by atoms with E-state index in [1.807, 2.05) is 11.8 Å². The van der Waals surface area contributed by atoms with Gasteiger partial charge in [-0.15, -0.1) is 10.2 Å². The largest absolute Gasteiger partial charge is 0.480 e.